The fourth-order valence-corrected chi connectivity index (χ4v) is 2.39. The van der Waals surface area contributed by atoms with Crippen molar-refractivity contribution < 1.29 is 9.18 Å². The lowest BCUT2D eigenvalue weighted by Crippen LogP contribution is -2.37. The molecule has 2 rings (SSSR count). The minimum absolute atomic E-state index is 0.0230. The van der Waals surface area contributed by atoms with Crippen LogP contribution < -0.4 is 5.32 Å². The molecule has 4 heteroatoms. The zero-order valence-electron chi connectivity index (χ0n) is 11.2. The van der Waals surface area contributed by atoms with Crippen molar-refractivity contribution in [3.63, 3.8) is 0 Å². The first-order valence-corrected chi connectivity index (χ1v) is 6.98. The fraction of sp³-hybridized carbons (Fsp3) is 0.533. The number of hydrogen-bond acceptors (Lipinski definition) is 2. The van der Waals surface area contributed by atoms with Gasteiger partial charge in [-0.05, 0) is 32.0 Å². The minimum Gasteiger partial charge on any atom is -0.351 e. The van der Waals surface area contributed by atoms with Gasteiger partial charge in [-0.25, -0.2) is 4.39 Å². The first kappa shape index (κ1) is 14.0. The number of amides is 1. The Morgan fingerprint density at radius 1 is 1.16 bits per heavy atom. The molecule has 1 N–H and O–H groups in total. The smallest absolute Gasteiger partial charge is 0.234 e. The van der Waals surface area contributed by atoms with Crippen molar-refractivity contribution in [2.24, 2.45) is 0 Å². The molecule has 19 heavy (non-hydrogen) atoms. The molecule has 1 aromatic rings. The summed E-state index contributed by atoms with van der Waals surface area (Å²) in [6.07, 6.45) is 4.85. The van der Waals surface area contributed by atoms with Gasteiger partial charge in [0.25, 0.3) is 0 Å². The van der Waals surface area contributed by atoms with Crippen molar-refractivity contribution in [2.45, 2.75) is 32.2 Å². The standard InChI is InChI=1S/C15H21FN2O/c16-14-8-4-3-7-13(14)11-17-15(19)12-18-9-5-1-2-6-10-18/h3-4,7-8H,1-2,5-6,9-12H2,(H,17,19). The monoisotopic (exact) mass is 264 g/mol. The van der Waals surface area contributed by atoms with Crippen LogP contribution in [0.15, 0.2) is 24.3 Å². The number of carbonyl (C=O) groups is 1. The minimum atomic E-state index is -0.266. The molecule has 1 saturated heterocycles. The van der Waals surface area contributed by atoms with E-state index in [1.165, 1.54) is 31.7 Å². The number of nitrogens with zero attached hydrogens (tertiary/aromatic N) is 1. The summed E-state index contributed by atoms with van der Waals surface area (Å²) in [5, 5.41) is 2.79. The molecule has 1 aliphatic heterocycles. The van der Waals surface area contributed by atoms with Crippen LogP contribution in [0, 0.1) is 5.82 Å². The van der Waals surface area contributed by atoms with Crippen LogP contribution in [-0.2, 0) is 11.3 Å². The van der Waals surface area contributed by atoms with E-state index in [9.17, 15) is 9.18 Å². The molecule has 1 heterocycles. The normalized spacial score (nSPS) is 16.9. The van der Waals surface area contributed by atoms with Crippen LogP contribution >= 0.6 is 0 Å². The van der Waals surface area contributed by atoms with Gasteiger partial charge < -0.3 is 5.32 Å². The molecule has 0 bridgehead atoms. The SMILES string of the molecule is O=C(CN1CCCCCC1)NCc1ccccc1F. The van der Waals surface area contributed by atoms with Crippen LogP contribution in [0.1, 0.15) is 31.2 Å². The van der Waals surface area contributed by atoms with Crippen LogP contribution in [0.25, 0.3) is 0 Å². The number of likely N-dealkylation sites (tertiary alicyclic amines) is 1. The Morgan fingerprint density at radius 2 is 1.84 bits per heavy atom. The van der Waals surface area contributed by atoms with Crippen LogP contribution in [0.3, 0.4) is 0 Å². The van der Waals surface area contributed by atoms with Gasteiger partial charge in [-0.2, -0.15) is 0 Å². The Morgan fingerprint density at radius 3 is 2.53 bits per heavy atom. The molecule has 3 nitrogen and oxygen atoms in total. The number of rotatable bonds is 4. The third-order valence-corrected chi connectivity index (χ3v) is 3.50. The van der Waals surface area contributed by atoms with Crippen molar-refractivity contribution in [1.82, 2.24) is 10.2 Å². The fourth-order valence-electron chi connectivity index (χ4n) is 2.39. The van der Waals surface area contributed by atoms with E-state index in [1.54, 1.807) is 18.2 Å². The highest BCUT2D eigenvalue weighted by atomic mass is 19.1. The Labute approximate surface area is 113 Å². The summed E-state index contributed by atoms with van der Waals surface area (Å²) in [5.41, 5.74) is 0.534. The van der Waals surface area contributed by atoms with Crippen molar-refractivity contribution in [2.75, 3.05) is 19.6 Å². The van der Waals surface area contributed by atoms with Crippen molar-refractivity contribution in [3.8, 4) is 0 Å². The van der Waals surface area contributed by atoms with E-state index in [0.717, 1.165) is 13.1 Å². The quantitative estimate of drug-likeness (QED) is 0.905. The summed E-state index contributed by atoms with van der Waals surface area (Å²) < 4.78 is 13.4. The van der Waals surface area contributed by atoms with E-state index in [-0.39, 0.29) is 18.3 Å². The van der Waals surface area contributed by atoms with Gasteiger partial charge >= 0.3 is 0 Å². The second-order valence-corrected chi connectivity index (χ2v) is 5.06. The Balaban J connectivity index is 1.76. The maximum absolute atomic E-state index is 13.4. The molecule has 0 radical (unpaired) electrons. The predicted octanol–water partition coefficient (Wildman–Crippen LogP) is 2.32. The molecular formula is C15H21FN2O. The van der Waals surface area contributed by atoms with Gasteiger partial charge in [0, 0.05) is 12.1 Å². The van der Waals surface area contributed by atoms with Gasteiger partial charge in [-0.1, -0.05) is 31.0 Å². The molecule has 1 amide bonds. The molecular weight excluding hydrogens is 243 g/mol. The van der Waals surface area contributed by atoms with E-state index in [1.807, 2.05) is 0 Å². The summed E-state index contributed by atoms with van der Waals surface area (Å²) >= 11 is 0. The molecule has 0 aromatic heterocycles. The maximum atomic E-state index is 13.4. The summed E-state index contributed by atoms with van der Waals surface area (Å²) in [5.74, 6) is -0.289. The number of halogens is 1. The van der Waals surface area contributed by atoms with Crippen LogP contribution in [0.5, 0.6) is 0 Å². The molecule has 1 aromatic carbocycles. The lowest BCUT2D eigenvalue weighted by Gasteiger charge is -2.19. The lowest BCUT2D eigenvalue weighted by atomic mass is 10.2. The number of nitrogens with one attached hydrogen (secondary N) is 1. The van der Waals surface area contributed by atoms with Gasteiger partial charge in [-0.15, -0.1) is 0 Å². The molecule has 1 aliphatic rings. The largest absolute Gasteiger partial charge is 0.351 e. The molecule has 0 saturated carbocycles. The highest BCUT2D eigenvalue weighted by molar-refractivity contribution is 5.78. The molecule has 1 fully saturated rings. The first-order chi connectivity index (χ1) is 9.25. The summed E-state index contributed by atoms with van der Waals surface area (Å²) in [6.45, 7) is 2.67. The third kappa shape index (κ3) is 4.63. The van der Waals surface area contributed by atoms with Crippen LogP contribution in [0.2, 0.25) is 0 Å². The van der Waals surface area contributed by atoms with Gasteiger partial charge in [-0.3, -0.25) is 9.69 Å². The predicted molar refractivity (Wildman–Crippen MR) is 73.2 cm³/mol. The van der Waals surface area contributed by atoms with E-state index in [0.29, 0.717) is 12.1 Å². The first-order valence-electron chi connectivity index (χ1n) is 6.98. The highest BCUT2D eigenvalue weighted by Gasteiger charge is 2.12. The molecule has 0 atom stereocenters. The average Bonchev–Trinajstić information content (AvgIpc) is 2.66. The van der Waals surface area contributed by atoms with Crippen molar-refractivity contribution >= 4 is 5.91 Å². The zero-order valence-corrected chi connectivity index (χ0v) is 11.2. The second-order valence-electron chi connectivity index (χ2n) is 5.06. The third-order valence-electron chi connectivity index (χ3n) is 3.50. The van der Waals surface area contributed by atoms with Gasteiger partial charge in [0.15, 0.2) is 0 Å². The van der Waals surface area contributed by atoms with Crippen LogP contribution in [0.4, 0.5) is 4.39 Å². The average molecular weight is 264 g/mol. The summed E-state index contributed by atoms with van der Waals surface area (Å²) in [6, 6.07) is 6.54. The van der Waals surface area contributed by atoms with Gasteiger partial charge in [0.2, 0.25) is 5.91 Å². The number of carbonyl (C=O) groups excluding carboxylic acids is 1. The topological polar surface area (TPSA) is 32.3 Å². The second kappa shape index (κ2) is 7.24. The Bertz CT molecular complexity index is 414. The maximum Gasteiger partial charge on any atom is 0.234 e. The molecule has 0 unspecified atom stereocenters. The van der Waals surface area contributed by atoms with Crippen LogP contribution in [-0.4, -0.2) is 30.4 Å². The zero-order chi connectivity index (χ0) is 13.5. The highest BCUT2D eigenvalue weighted by Crippen LogP contribution is 2.09. The van der Waals surface area contributed by atoms with Gasteiger partial charge in [0.1, 0.15) is 5.82 Å². The van der Waals surface area contributed by atoms with E-state index < -0.39 is 0 Å². The molecule has 0 aliphatic carbocycles. The van der Waals surface area contributed by atoms with E-state index in [2.05, 4.69) is 10.2 Å². The number of benzene rings is 1. The van der Waals surface area contributed by atoms with Crippen molar-refractivity contribution in [3.05, 3.63) is 35.6 Å². The van der Waals surface area contributed by atoms with Crippen molar-refractivity contribution in [1.29, 1.82) is 0 Å². The summed E-state index contributed by atoms with van der Waals surface area (Å²) in [7, 11) is 0. The lowest BCUT2D eigenvalue weighted by molar-refractivity contribution is -0.122. The van der Waals surface area contributed by atoms with Gasteiger partial charge in [0.05, 0.1) is 6.54 Å². The van der Waals surface area contributed by atoms with E-state index in [4.69, 9.17) is 0 Å². The molecule has 0 spiro atoms. The Hall–Kier alpha value is -1.42. The number of hydrogen-bond donors (Lipinski definition) is 1. The molecule has 104 valence electrons. The van der Waals surface area contributed by atoms with E-state index >= 15 is 0 Å². The Kier molecular flexibility index (Phi) is 5.33. The summed E-state index contributed by atoms with van der Waals surface area (Å²) in [4.78, 5) is 14.0.